The Morgan fingerprint density at radius 3 is 2.62 bits per heavy atom. The lowest BCUT2D eigenvalue weighted by atomic mass is 9.93. The molecule has 188 valence electrons. The van der Waals surface area contributed by atoms with Gasteiger partial charge < -0.3 is 16.0 Å². The zero-order valence-electron chi connectivity index (χ0n) is 20.8. The van der Waals surface area contributed by atoms with Crippen molar-refractivity contribution in [1.29, 1.82) is 0 Å². The van der Waals surface area contributed by atoms with Crippen LogP contribution in [0.1, 0.15) is 39.3 Å². The van der Waals surface area contributed by atoms with E-state index in [1.165, 1.54) is 18.3 Å². The summed E-state index contributed by atoms with van der Waals surface area (Å²) >= 11 is 0. The molecule has 0 saturated carbocycles. The number of aromatic nitrogens is 2. The fourth-order valence-corrected chi connectivity index (χ4v) is 4.98. The van der Waals surface area contributed by atoms with Crippen LogP contribution in [0.5, 0.6) is 0 Å². The van der Waals surface area contributed by atoms with Gasteiger partial charge in [0.15, 0.2) is 0 Å². The minimum Gasteiger partial charge on any atom is -0.364 e. The number of carbonyl (C=O) groups excluding carboxylic acids is 2. The maximum Gasteiger partial charge on any atom is 0.267 e. The Bertz CT molecular complexity index is 1490. The number of halogens is 1. The fourth-order valence-electron chi connectivity index (χ4n) is 4.98. The number of likely N-dealkylation sites (N-methyl/N-ethyl adjacent to an activating group) is 1. The fraction of sp³-hybridized carbons (Fsp3) is 0.241. The number of fused-ring (bicyclic) bond motifs is 1. The summed E-state index contributed by atoms with van der Waals surface area (Å²) in [6, 6.07) is 14.0. The number of carbonyl (C=O) groups is 2. The van der Waals surface area contributed by atoms with E-state index < -0.39 is 5.91 Å². The third-order valence-corrected chi connectivity index (χ3v) is 6.78. The first-order valence-electron chi connectivity index (χ1n) is 12.3. The number of nitrogens with zero attached hydrogens (tertiary/aromatic N) is 3. The van der Waals surface area contributed by atoms with E-state index >= 15 is 0 Å². The van der Waals surface area contributed by atoms with Crippen LogP contribution in [0.4, 0.5) is 4.39 Å². The van der Waals surface area contributed by atoms with Crippen LogP contribution < -0.4 is 11.1 Å². The highest BCUT2D eigenvalue weighted by molar-refractivity contribution is 6.12. The summed E-state index contributed by atoms with van der Waals surface area (Å²) in [7, 11) is 1.79. The van der Waals surface area contributed by atoms with Crippen molar-refractivity contribution in [1.82, 2.24) is 20.2 Å². The first-order valence-corrected chi connectivity index (χ1v) is 12.3. The molecule has 0 bridgehead atoms. The molecule has 0 unspecified atom stereocenters. The van der Waals surface area contributed by atoms with Gasteiger partial charge in [0, 0.05) is 43.0 Å². The third-order valence-electron chi connectivity index (χ3n) is 6.78. The minimum absolute atomic E-state index is 0.153. The van der Waals surface area contributed by atoms with Gasteiger partial charge in [-0.2, -0.15) is 0 Å². The predicted molar refractivity (Wildman–Crippen MR) is 142 cm³/mol. The van der Waals surface area contributed by atoms with Crippen LogP contribution in [0.2, 0.25) is 0 Å². The van der Waals surface area contributed by atoms with Gasteiger partial charge in [0.1, 0.15) is 11.5 Å². The molecule has 1 fully saturated rings. The maximum atomic E-state index is 14.4. The van der Waals surface area contributed by atoms with Gasteiger partial charge in [0.25, 0.3) is 11.8 Å². The Labute approximate surface area is 214 Å². The molecule has 1 atom stereocenters. The topological polar surface area (TPSA) is 101 Å². The Morgan fingerprint density at radius 2 is 1.89 bits per heavy atom. The monoisotopic (exact) mass is 497 g/mol. The Hall–Kier alpha value is -4.17. The number of hydrogen-bond donors (Lipinski definition) is 2. The third kappa shape index (κ3) is 5.06. The van der Waals surface area contributed by atoms with Crippen molar-refractivity contribution >= 4 is 22.7 Å². The molecule has 5 rings (SSSR count). The highest BCUT2D eigenvalue weighted by atomic mass is 19.1. The zero-order valence-corrected chi connectivity index (χ0v) is 20.8. The van der Waals surface area contributed by atoms with Crippen LogP contribution in [0, 0.1) is 12.7 Å². The van der Waals surface area contributed by atoms with Crippen LogP contribution in [-0.2, 0) is 0 Å². The number of primary amides is 1. The number of nitrogens with two attached hydrogens (primary N) is 1. The molecule has 3 N–H and O–H groups in total. The molecule has 37 heavy (non-hydrogen) atoms. The number of nitrogens with one attached hydrogen (secondary N) is 1. The van der Waals surface area contributed by atoms with Crippen LogP contribution in [0.15, 0.2) is 60.9 Å². The molecule has 0 spiro atoms. The minimum atomic E-state index is -0.619. The highest BCUT2D eigenvalue weighted by Crippen LogP contribution is 2.33. The summed E-state index contributed by atoms with van der Waals surface area (Å²) < 4.78 is 14.4. The van der Waals surface area contributed by atoms with Gasteiger partial charge in [-0.3, -0.25) is 19.6 Å². The molecule has 3 heterocycles. The molecule has 8 heteroatoms. The van der Waals surface area contributed by atoms with Gasteiger partial charge in [0.05, 0.1) is 11.1 Å². The summed E-state index contributed by atoms with van der Waals surface area (Å²) in [5.41, 5.74) is 10.1. The van der Waals surface area contributed by atoms with Gasteiger partial charge in [-0.25, -0.2) is 4.39 Å². The first kappa shape index (κ1) is 24.5. The van der Waals surface area contributed by atoms with Crippen molar-refractivity contribution in [2.75, 3.05) is 20.1 Å². The highest BCUT2D eigenvalue weighted by Gasteiger charge is 2.25. The van der Waals surface area contributed by atoms with E-state index in [-0.39, 0.29) is 23.5 Å². The summed E-state index contributed by atoms with van der Waals surface area (Å²) in [6.07, 6.45) is 5.27. The Kier molecular flexibility index (Phi) is 6.67. The van der Waals surface area contributed by atoms with Crippen molar-refractivity contribution in [2.24, 2.45) is 5.73 Å². The molecule has 1 saturated heterocycles. The van der Waals surface area contributed by atoms with E-state index in [0.717, 1.165) is 36.1 Å². The van der Waals surface area contributed by atoms with E-state index in [0.29, 0.717) is 34.1 Å². The lowest BCUT2D eigenvalue weighted by molar-refractivity contribution is 0.0786. The normalized spacial score (nSPS) is 15.2. The largest absolute Gasteiger partial charge is 0.364 e. The second-order valence-electron chi connectivity index (χ2n) is 9.57. The molecule has 1 aliphatic heterocycles. The number of hydrogen-bond acceptors (Lipinski definition) is 5. The lowest BCUT2D eigenvalue weighted by Gasteiger charge is -2.24. The van der Waals surface area contributed by atoms with Crippen molar-refractivity contribution in [3.05, 3.63) is 83.6 Å². The van der Waals surface area contributed by atoms with Crippen molar-refractivity contribution in [2.45, 2.75) is 25.8 Å². The molecule has 2 aromatic carbocycles. The lowest BCUT2D eigenvalue weighted by Crippen LogP contribution is -2.38. The maximum absolute atomic E-state index is 14.4. The van der Waals surface area contributed by atoms with Gasteiger partial charge in [0.2, 0.25) is 0 Å². The van der Waals surface area contributed by atoms with E-state index in [1.54, 1.807) is 30.3 Å². The Balaban J connectivity index is 1.69. The molecule has 4 aromatic rings. The van der Waals surface area contributed by atoms with Crippen LogP contribution in [0.3, 0.4) is 0 Å². The summed E-state index contributed by atoms with van der Waals surface area (Å²) in [5, 5.41) is 4.08. The SMILES string of the molecule is Cc1cc(F)cc(-c2cnc3ccc(-c4ccnc(C(N)=O)c4)cc3c2C(=O)N(C)C[C@@H]2CCCN2)c1. The number of benzene rings is 2. The van der Waals surface area contributed by atoms with Gasteiger partial charge in [-0.1, -0.05) is 12.1 Å². The van der Waals surface area contributed by atoms with E-state index in [1.807, 2.05) is 31.2 Å². The van der Waals surface area contributed by atoms with Gasteiger partial charge in [-0.05, 0) is 85.0 Å². The van der Waals surface area contributed by atoms with E-state index in [9.17, 15) is 14.0 Å². The molecule has 2 amide bonds. The van der Waals surface area contributed by atoms with Crippen LogP contribution in [-0.4, -0.2) is 52.9 Å². The molecular weight excluding hydrogens is 469 g/mol. The second kappa shape index (κ2) is 10.1. The van der Waals surface area contributed by atoms with E-state index in [4.69, 9.17) is 5.73 Å². The zero-order chi connectivity index (χ0) is 26.1. The average molecular weight is 498 g/mol. The standard InChI is InChI=1S/C29H28FN5O2/c1-17-10-20(12-21(30)11-17)24-15-34-25-6-5-18(19-7-9-33-26(14-19)28(31)36)13-23(25)27(24)29(37)35(2)16-22-4-3-8-32-22/h5-7,9-15,22,32H,3-4,8,16H2,1-2H3,(H2,31,36)/t22-/m0/s1. The van der Waals surface area contributed by atoms with Crippen LogP contribution >= 0.6 is 0 Å². The average Bonchev–Trinajstić information content (AvgIpc) is 3.39. The summed E-state index contributed by atoms with van der Waals surface area (Å²) in [4.78, 5) is 36.0. The summed E-state index contributed by atoms with van der Waals surface area (Å²) in [6.45, 7) is 3.33. The number of pyridine rings is 2. The van der Waals surface area contributed by atoms with Crippen molar-refractivity contribution in [3.63, 3.8) is 0 Å². The van der Waals surface area contributed by atoms with Crippen molar-refractivity contribution in [3.8, 4) is 22.3 Å². The second-order valence-corrected chi connectivity index (χ2v) is 9.57. The van der Waals surface area contributed by atoms with E-state index in [2.05, 4.69) is 15.3 Å². The molecule has 0 radical (unpaired) electrons. The molecular formula is C29H28FN5O2. The van der Waals surface area contributed by atoms with Crippen molar-refractivity contribution < 1.29 is 14.0 Å². The quantitative estimate of drug-likeness (QED) is 0.413. The molecule has 2 aromatic heterocycles. The number of amides is 2. The van der Waals surface area contributed by atoms with Gasteiger partial charge in [-0.15, -0.1) is 0 Å². The molecule has 0 aliphatic carbocycles. The number of aryl methyl sites for hydroxylation is 1. The van der Waals surface area contributed by atoms with Crippen LogP contribution in [0.25, 0.3) is 33.2 Å². The Morgan fingerprint density at radius 1 is 1.08 bits per heavy atom. The number of rotatable bonds is 6. The molecule has 1 aliphatic rings. The van der Waals surface area contributed by atoms with Gasteiger partial charge >= 0.3 is 0 Å². The summed E-state index contributed by atoms with van der Waals surface area (Å²) in [5.74, 6) is -1.16. The first-order chi connectivity index (χ1) is 17.8. The molecule has 7 nitrogen and oxygen atoms in total. The predicted octanol–water partition coefficient (Wildman–Crippen LogP) is 4.33. The smallest absolute Gasteiger partial charge is 0.267 e.